The maximum absolute atomic E-state index is 12.1. The fourth-order valence-electron chi connectivity index (χ4n) is 2.31. The molecule has 0 saturated heterocycles. The van der Waals surface area contributed by atoms with Crippen molar-refractivity contribution in [3.8, 4) is 0 Å². The molecule has 1 atom stereocenters. The molecule has 0 fully saturated rings. The van der Waals surface area contributed by atoms with Crippen LogP contribution in [0.1, 0.15) is 13.3 Å². The normalized spacial score (nSPS) is 20.5. The Morgan fingerprint density at radius 2 is 2.10 bits per heavy atom. The van der Waals surface area contributed by atoms with E-state index in [1.54, 1.807) is 19.3 Å². The Bertz CT molecular complexity index is 584. The van der Waals surface area contributed by atoms with Crippen LogP contribution in [-0.4, -0.2) is 38.3 Å². The molecule has 2 aliphatic rings. The number of fused-ring (bicyclic) bond motifs is 1. The minimum absolute atomic E-state index is 0.122. The van der Waals surface area contributed by atoms with Crippen molar-refractivity contribution >= 4 is 17.5 Å². The summed E-state index contributed by atoms with van der Waals surface area (Å²) in [6.07, 6.45) is 5.81. The summed E-state index contributed by atoms with van der Waals surface area (Å²) in [6.45, 7) is 1.85. The van der Waals surface area contributed by atoms with Crippen LogP contribution in [0.25, 0.3) is 0 Å². The number of hydrogen-bond acceptors (Lipinski definition) is 4. The molecule has 21 heavy (non-hydrogen) atoms. The summed E-state index contributed by atoms with van der Waals surface area (Å²) in [6, 6.07) is 0. The molecule has 1 N–H and O–H groups in total. The number of ether oxygens (including phenoxy) is 2. The number of hydrogen-bond donors (Lipinski definition) is 1. The van der Waals surface area contributed by atoms with E-state index in [0.717, 1.165) is 0 Å². The Hall–Kier alpha value is -2.37. The number of methoxy groups -OCH3 is 2. The van der Waals surface area contributed by atoms with E-state index >= 15 is 0 Å². The highest BCUT2D eigenvalue weighted by Crippen LogP contribution is 2.30. The van der Waals surface area contributed by atoms with E-state index in [9.17, 15) is 9.59 Å². The Morgan fingerprint density at radius 3 is 2.71 bits per heavy atom. The third kappa shape index (κ3) is 3.21. The topological polar surface area (TPSA) is 77.0 Å². The summed E-state index contributed by atoms with van der Waals surface area (Å²) in [7, 11) is 3.12. The first-order valence-electron chi connectivity index (χ1n) is 6.65. The second-order valence-corrected chi connectivity index (χ2v) is 4.71. The number of carbonyl (C=O) groups is 2. The first kappa shape index (κ1) is 15.0. The molecule has 112 valence electrons. The number of allylic oxidation sites excluding steroid dienone is 4. The molecule has 1 unspecified atom stereocenters. The molecule has 2 amide bonds. The van der Waals surface area contributed by atoms with Crippen molar-refractivity contribution < 1.29 is 19.1 Å². The van der Waals surface area contributed by atoms with Crippen LogP contribution in [0.5, 0.6) is 0 Å². The van der Waals surface area contributed by atoms with E-state index in [1.165, 1.54) is 14.0 Å². The van der Waals surface area contributed by atoms with Crippen LogP contribution in [0.2, 0.25) is 0 Å². The lowest BCUT2D eigenvalue weighted by molar-refractivity contribution is -0.119. The van der Waals surface area contributed by atoms with Gasteiger partial charge in [-0.15, -0.1) is 0 Å². The monoisotopic (exact) mass is 290 g/mol. The standard InChI is InChI=1S/C15H18N2O4/c1-9(18)16-7-6-10-8-11-12(20-2)4-5-13(21-3)14(11)17-15(10)19/h4-5,8,11H,6-7H2,1-3H3,(H,16,18). The van der Waals surface area contributed by atoms with Crippen LogP contribution >= 0.6 is 0 Å². The third-order valence-electron chi connectivity index (χ3n) is 3.34. The molecule has 1 aliphatic heterocycles. The van der Waals surface area contributed by atoms with E-state index < -0.39 is 0 Å². The average molecular weight is 290 g/mol. The maximum atomic E-state index is 12.1. The summed E-state index contributed by atoms with van der Waals surface area (Å²) in [5.41, 5.74) is 1.13. The lowest BCUT2D eigenvalue weighted by Gasteiger charge is -2.26. The zero-order valence-corrected chi connectivity index (χ0v) is 12.3. The quantitative estimate of drug-likeness (QED) is 0.823. The molecule has 0 aromatic carbocycles. The Kier molecular flexibility index (Phi) is 4.57. The van der Waals surface area contributed by atoms with Crippen LogP contribution in [0.3, 0.4) is 0 Å². The molecule has 0 radical (unpaired) electrons. The molecule has 0 aromatic heterocycles. The van der Waals surface area contributed by atoms with Gasteiger partial charge in [0.05, 0.1) is 20.1 Å². The van der Waals surface area contributed by atoms with Crippen molar-refractivity contribution in [2.24, 2.45) is 10.9 Å². The summed E-state index contributed by atoms with van der Waals surface area (Å²) in [4.78, 5) is 27.1. The number of aliphatic imine (C=N–C) groups is 1. The van der Waals surface area contributed by atoms with E-state index in [4.69, 9.17) is 9.47 Å². The molecule has 0 aromatic rings. The van der Waals surface area contributed by atoms with Gasteiger partial charge in [-0.1, -0.05) is 6.08 Å². The highest BCUT2D eigenvalue weighted by Gasteiger charge is 2.32. The van der Waals surface area contributed by atoms with Crippen molar-refractivity contribution in [3.63, 3.8) is 0 Å². The highest BCUT2D eigenvalue weighted by molar-refractivity contribution is 6.15. The van der Waals surface area contributed by atoms with Crippen molar-refractivity contribution in [1.29, 1.82) is 0 Å². The van der Waals surface area contributed by atoms with E-state index in [2.05, 4.69) is 10.3 Å². The maximum Gasteiger partial charge on any atom is 0.273 e. The van der Waals surface area contributed by atoms with Gasteiger partial charge in [0.15, 0.2) is 0 Å². The van der Waals surface area contributed by atoms with Gasteiger partial charge in [-0.3, -0.25) is 9.59 Å². The minimum Gasteiger partial charge on any atom is -0.500 e. The summed E-state index contributed by atoms with van der Waals surface area (Å²) >= 11 is 0. The molecule has 6 nitrogen and oxygen atoms in total. The van der Waals surface area contributed by atoms with E-state index in [0.29, 0.717) is 35.8 Å². The number of nitrogens with zero attached hydrogens (tertiary/aromatic N) is 1. The van der Waals surface area contributed by atoms with Gasteiger partial charge >= 0.3 is 0 Å². The zero-order valence-electron chi connectivity index (χ0n) is 12.3. The number of dihydropyridines is 1. The van der Waals surface area contributed by atoms with Crippen molar-refractivity contribution in [2.45, 2.75) is 13.3 Å². The third-order valence-corrected chi connectivity index (χ3v) is 3.34. The van der Waals surface area contributed by atoms with E-state index in [1.807, 2.05) is 6.08 Å². The van der Waals surface area contributed by atoms with Crippen molar-refractivity contribution in [3.05, 3.63) is 35.3 Å². The first-order valence-corrected chi connectivity index (χ1v) is 6.65. The van der Waals surface area contributed by atoms with Crippen LogP contribution in [0.4, 0.5) is 0 Å². The largest absolute Gasteiger partial charge is 0.500 e. The Balaban J connectivity index is 2.21. The molecular formula is C15H18N2O4. The first-order chi connectivity index (χ1) is 10.1. The van der Waals surface area contributed by atoms with Crippen LogP contribution in [0, 0.1) is 5.92 Å². The average Bonchev–Trinajstić information content (AvgIpc) is 2.46. The van der Waals surface area contributed by atoms with Crippen LogP contribution < -0.4 is 5.32 Å². The van der Waals surface area contributed by atoms with Gasteiger partial charge in [0.2, 0.25) is 5.91 Å². The van der Waals surface area contributed by atoms with Crippen LogP contribution in [-0.2, 0) is 19.1 Å². The molecule has 6 heteroatoms. The van der Waals surface area contributed by atoms with Gasteiger partial charge in [-0.05, 0) is 18.6 Å². The van der Waals surface area contributed by atoms with Gasteiger partial charge in [0.25, 0.3) is 5.91 Å². The predicted molar refractivity (Wildman–Crippen MR) is 77.5 cm³/mol. The molecule has 0 spiro atoms. The van der Waals surface area contributed by atoms with Crippen molar-refractivity contribution in [1.82, 2.24) is 5.32 Å². The van der Waals surface area contributed by atoms with Gasteiger partial charge in [-0.2, -0.15) is 0 Å². The number of rotatable bonds is 5. The molecule has 2 rings (SSSR count). The highest BCUT2D eigenvalue weighted by atomic mass is 16.5. The second kappa shape index (κ2) is 6.39. The Morgan fingerprint density at radius 1 is 1.33 bits per heavy atom. The van der Waals surface area contributed by atoms with Gasteiger partial charge in [-0.25, -0.2) is 4.99 Å². The SMILES string of the molecule is COC1=CC=C(OC)C2C=C(CCNC(C)=O)C(=O)N=C12. The number of nitrogens with one attached hydrogen (secondary N) is 1. The van der Waals surface area contributed by atoms with Gasteiger partial charge < -0.3 is 14.8 Å². The second-order valence-electron chi connectivity index (χ2n) is 4.71. The van der Waals surface area contributed by atoms with E-state index in [-0.39, 0.29) is 17.7 Å². The zero-order chi connectivity index (χ0) is 15.4. The molecular weight excluding hydrogens is 272 g/mol. The van der Waals surface area contributed by atoms with Gasteiger partial charge in [0, 0.05) is 19.0 Å². The molecule has 1 heterocycles. The smallest absolute Gasteiger partial charge is 0.273 e. The summed E-state index contributed by atoms with van der Waals surface area (Å²) in [5.74, 6) is 0.625. The fourth-order valence-corrected chi connectivity index (χ4v) is 2.31. The predicted octanol–water partition coefficient (Wildman–Crippen LogP) is 1.11. The van der Waals surface area contributed by atoms with Crippen molar-refractivity contribution in [2.75, 3.05) is 20.8 Å². The molecule has 0 bridgehead atoms. The fraction of sp³-hybridized carbons (Fsp3) is 0.400. The number of carbonyl (C=O) groups excluding carboxylic acids is 2. The number of amides is 2. The van der Waals surface area contributed by atoms with Crippen LogP contribution in [0.15, 0.2) is 40.3 Å². The summed E-state index contributed by atoms with van der Waals surface area (Å²) in [5, 5.41) is 2.67. The van der Waals surface area contributed by atoms with Gasteiger partial charge in [0.1, 0.15) is 17.2 Å². The lowest BCUT2D eigenvalue weighted by atomic mass is 9.89. The Labute approximate surface area is 123 Å². The minimum atomic E-state index is -0.299. The lowest BCUT2D eigenvalue weighted by Crippen LogP contribution is -2.29. The summed E-state index contributed by atoms with van der Waals surface area (Å²) < 4.78 is 10.6. The molecule has 0 saturated carbocycles. The molecule has 1 aliphatic carbocycles.